The highest BCUT2D eigenvalue weighted by molar-refractivity contribution is 5.72. The van der Waals surface area contributed by atoms with Crippen LogP contribution in [-0.2, 0) is 19.1 Å². The number of rotatable bonds is 36. The van der Waals surface area contributed by atoms with Crippen molar-refractivity contribution in [2.75, 3.05) is 33.9 Å². The molecule has 280 valence electrons. The highest BCUT2D eigenvalue weighted by Gasteiger charge is 2.20. The van der Waals surface area contributed by atoms with Gasteiger partial charge in [-0.25, -0.2) is 0 Å². The minimum absolute atomic E-state index is 0.00348. The zero-order chi connectivity index (χ0) is 34.8. The molecular weight excluding hydrogens is 582 g/mol. The van der Waals surface area contributed by atoms with Gasteiger partial charge in [0.05, 0.1) is 19.1 Å². The molecule has 0 heterocycles. The Morgan fingerprint density at radius 1 is 0.511 bits per heavy atom. The highest BCUT2D eigenvalue weighted by Crippen LogP contribution is 2.23. The van der Waals surface area contributed by atoms with Crippen LogP contribution in [-0.4, -0.2) is 50.7 Å². The molecule has 47 heavy (non-hydrogen) atoms. The number of carbonyl (C=O) groups excluding carboxylic acids is 2. The van der Waals surface area contributed by atoms with E-state index < -0.39 is 0 Å². The average molecular weight is 666 g/mol. The van der Waals surface area contributed by atoms with Crippen LogP contribution < -0.4 is 0 Å². The Kier molecular flexibility index (Phi) is 33.9. The van der Waals surface area contributed by atoms with Gasteiger partial charge < -0.3 is 14.4 Å². The second-order valence-corrected chi connectivity index (χ2v) is 15.0. The molecule has 0 fully saturated rings. The third kappa shape index (κ3) is 30.7. The van der Waals surface area contributed by atoms with E-state index in [1.807, 2.05) is 0 Å². The topological polar surface area (TPSA) is 55.8 Å². The molecule has 0 amide bonds. The van der Waals surface area contributed by atoms with Crippen molar-refractivity contribution in [2.45, 2.75) is 207 Å². The molecule has 0 aromatic carbocycles. The van der Waals surface area contributed by atoms with Crippen LogP contribution in [0.2, 0.25) is 0 Å². The standard InChI is InChI=1S/C42H83NO4/c1-7-11-14-15-16-17-20-25-30-39(37-47-42(45)40(10-4)33-35-43(5)6)31-26-21-18-19-22-27-32-41(44)46-36-34-38(28-23-12-8-2)29-24-13-9-3/h38-40H,7-37H2,1-6H3. The van der Waals surface area contributed by atoms with E-state index in [9.17, 15) is 9.59 Å². The normalized spacial score (nSPS) is 12.9. The van der Waals surface area contributed by atoms with Crippen molar-refractivity contribution < 1.29 is 19.1 Å². The molecule has 0 aliphatic heterocycles. The average Bonchev–Trinajstić information content (AvgIpc) is 3.05. The Hall–Kier alpha value is -1.10. The number of nitrogens with zero attached hydrogens (tertiary/aromatic N) is 1. The van der Waals surface area contributed by atoms with Gasteiger partial charge in [-0.05, 0) is 71.0 Å². The van der Waals surface area contributed by atoms with Crippen LogP contribution in [0, 0.1) is 17.8 Å². The molecule has 2 unspecified atom stereocenters. The molecule has 0 radical (unpaired) electrons. The second-order valence-electron chi connectivity index (χ2n) is 15.0. The van der Waals surface area contributed by atoms with Crippen LogP contribution in [0.25, 0.3) is 0 Å². The molecule has 0 N–H and O–H groups in total. The minimum atomic E-state index is -0.00348. The predicted octanol–water partition coefficient (Wildman–Crippen LogP) is 12.5. The maximum Gasteiger partial charge on any atom is 0.308 e. The Morgan fingerprint density at radius 2 is 0.957 bits per heavy atom. The summed E-state index contributed by atoms with van der Waals surface area (Å²) >= 11 is 0. The number of esters is 2. The van der Waals surface area contributed by atoms with Gasteiger partial charge in [0, 0.05) is 6.42 Å². The van der Waals surface area contributed by atoms with Crippen molar-refractivity contribution in [3.63, 3.8) is 0 Å². The first-order valence-electron chi connectivity index (χ1n) is 20.8. The Balaban J connectivity index is 4.30. The van der Waals surface area contributed by atoms with Gasteiger partial charge in [-0.2, -0.15) is 0 Å². The Bertz CT molecular complexity index is 672. The van der Waals surface area contributed by atoms with Crippen LogP contribution >= 0.6 is 0 Å². The zero-order valence-corrected chi connectivity index (χ0v) is 32.7. The number of hydrogen-bond acceptors (Lipinski definition) is 5. The molecule has 0 saturated carbocycles. The van der Waals surface area contributed by atoms with E-state index in [1.54, 1.807) is 0 Å². The van der Waals surface area contributed by atoms with Crippen molar-refractivity contribution in [3.05, 3.63) is 0 Å². The molecule has 0 aliphatic carbocycles. The predicted molar refractivity (Wildman–Crippen MR) is 203 cm³/mol. The van der Waals surface area contributed by atoms with E-state index in [0.717, 1.165) is 45.1 Å². The van der Waals surface area contributed by atoms with Crippen LogP contribution in [0.4, 0.5) is 0 Å². The second kappa shape index (κ2) is 34.8. The molecule has 0 aliphatic rings. The van der Waals surface area contributed by atoms with Crippen molar-refractivity contribution in [1.82, 2.24) is 4.90 Å². The number of unbranched alkanes of at least 4 members (excludes halogenated alkanes) is 16. The summed E-state index contributed by atoms with van der Waals surface area (Å²) in [5.41, 5.74) is 0. The van der Waals surface area contributed by atoms with E-state index in [4.69, 9.17) is 9.47 Å². The third-order valence-corrected chi connectivity index (χ3v) is 10.1. The summed E-state index contributed by atoms with van der Waals surface area (Å²) in [7, 11) is 4.13. The van der Waals surface area contributed by atoms with Crippen LogP contribution in [0.1, 0.15) is 207 Å². The lowest BCUT2D eigenvalue weighted by Crippen LogP contribution is -2.25. The molecular formula is C42H83NO4. The summed E-state index contributed by atoms with van der Waals surface area (Å²) in [6.07, 6.45) is 33.6. The van der Waals surface area contributed by atoms with Gasteiger partial charge in [-0.15, -0.1) is 0 Å². The molecule has 0 saturated heterocycles. The van der Waals surface area contributed by atoms with Crippen molar-refractivity contribution in [2.24, 2.45) is 17.8 Å². The van der Waals surface area contributed by atoms with Gasteiger partial charge in [0.25, 0.3) is 0 Å². The fraction of sp³-hybridized carbons (Fsp3) is 0.952. The van der Waals surface area contributed by atoms with Gasteiger partial charge in [0.2, 0.25) is 0 Å². The van der Waals surface area contributed by atoms with Gasteiger partial charge >= 0.3 is 11.9 Å². The molecule has 2 atom stereocenters. The van der Waals surface area contributed by atoms with Crippen LogP contribution in [0.15, 0.2) is 0 Å². The molecule has 0 bridgehead atoms. The fourth-order valence-electron chi connectivity index (χ4n) is 6.72. The van der Waals surface area contributed by atoms with E-state index in [-0.39, 0.29) is 17.9 Å². The van der Waals surface area contributed by atoms with E-state index >= 15 is 0 Å². The lowest BCUT2D eigenvalue weighted by molar-refractivity contribution is -0.150. The summed E-state index contributed by atoms with van der Waals surface area (Å²) in [6, 6.07) is 0. The molecule has 0 aromatic rings. The summed E-state index contributed by atoms with van der Waals surface area (Å²) in [4.78, 5) is 27.3. The maximum absolute atomic E-state index is 12.8. The van der Waals surface area contributed by atoms with E-state index in [2.05, 4.69) is 46.7 Å². The first kappa shape index (κ1) is 45.9. The quantitative estimate of drug-likeness (QED) is 0.0492. The molecule has 0 spiro atoms. The number of ether oxygens (including phenoxy) is 2. The smallest absolute Gasteiger partial charge is 0.308 e. The van der Waals surface area contributed by atoms with Gasteiger partial charge in [-0.3, -0.25) is 9.59 Å². The van der Waals surface area contributed by atoms with Gasteiger partial charge in [0.1, 0.15) is 0 Å². The third-order valence-electron chi connectivity index (χ3n) is 10.1. The van der Waals surface area contributed by atoms with Crippen molar-refractivity contribution in [3.8, 4) is 0 Å². The molecule has 0 aromatic heterocycles. The monoisotopic (exact) mass is 666 g/mol. The summed E-state index contributed by atoms with van der Waals surface area (Å²) < 4.78 is 11.6. The fourth-order valence-corrected chi connectivity index (χ4v) is 6.72. The van der Waals surface area contributed by atoms with E-state index in [1.165, 1.54) is 135 Å². The van der Waals surface area contributed by atoms with Crippen LogP contribution in [0.3, 0.4) is 0 Å². The minimum Gasteiger partial charge on any atom is -0.466 e. The van der Waals surface area contributed by atoms with Crippen molar-refractivity contribution >= 4 is 11.9 Å². The number of hydrogen-bond donors (Lipinski definition) is 0. The number of carbonyl (C=O) groups is 2. The highest BCUT2D eigenvalue weighted by atomic mass is 16.5. The summed E-state index contributed by atoms with van der Waals surface area (Å²) in [6.45, 7) is 11.0. The first-order chi connectivity index (χ1) is 22.9. The first-order valence-corrected chi connectivity index (χ1v) is 20.8. The lowest BCUT2D eigenvalue weighted by atomic mass is 9.92. The van der Waals surface area contributed by atoms with E-state index in [0.29, 0.717) is 31.5 Å². The molecule has 5 nitrogen and oxygen atoms in total. The zero-order valence-electron chi connectivity index (χ0n) is 32.7. The summed E-state index contributed by atoms with van der Waals surface area (Å²) in [5.74, 6) is 1.22. The maximum atomic E-state index is 12.8. The molecule has 5 heteroatoms. The SMILES string of the molecule is CCCCCCCCCCC(CCCCCCCCC(=O)OCCC(CCCCC)CCCCC)COC(=O)C(CC)CCN(C)C. The van der Waals surface area contributed by atoms with Gasteiger partial charge in [0.15, 0.2) is 0 Å². The summed E-state index contributed by atoms with van der Waals surface area (Å²) in [5, 5.41) is 0. The van der Waals surface area contributed by atoms with Gasteiger partial charge in [-0.1, -0.05) is 163 Å². The van der Waals surface area contributed by atoms with Crippen LogP contribution in [0.5, 0.6) is 0 Å². The Labute approximate surface area is 294 Å². The molecule has 0 rings (SSSR count). The Morgan fingerprint density at radius 3 is 1.47 bits per heavy atom. The largest absolute Gasteiger partial charge is 0.466 e. The van der Waals surface area contributed by atoms with Crippen molar-refractivity contribution in [1.29, 1.82) is 0 Å². The lowest BCUT2D eigenvalue weighted by Gasteiger charge is -2.20.